The summed E-state index contributed by atoms with van der Waals surface area (Å²) in [5.74, 6) is 0. The second-order valence-corrected chi connectivity index (χ2v) is 7.89. The molecule has 0 unspecified atom stereocenters. The van der Waals surface area contributed by atoms with Gasteiger partial charge >= 0.3 is 6.09 Å². The summed E-state index contributed by atoms with van der Waals surface area (Å²) in [4.78, 5) is 14.2. The molecule has 1 aromatic heterocycles. The van der Waals surface area contributed by atoms with E-state index in [-0.39, 0.29) is 11.6 Å². The summed E-state index contributed by atoms with van der Waals surface area (Å²) in [5, 5.41) is 7.70. The molecule has 1 N–H and O–H groups in total. The third-order valence-electron chi connectivity index (χ3n) is 3.37. The Kier molecular flexibility index (Phi) is 6.22. The van der Waals surface area contributed by atoms with E-state index in [1.807, 2.05) is 66.4 Å². The van der Waals surface area contributed by atoms with Crippen molar-refractivity contribution < 1.29 is 9.53 Å². The third-order valence-corrected chi connectivity index (χ3v) is 3.37. The van der Waals surface area contributed by atoms with Gasteiger partial charge in [-0.3, -0.25) is 4.68 Å². The molecule has 0 bridgehead atoms. The molecule has 1 aromatic rings. The summed E-state index contributed by atoms with van der Waals surface area (Å²) in [6.45, 7) is 15.7. The maximum Gasteiger partial charge on any atom is 0.410 e. The van der Waals surface area contributed by atoms with Crippen LogP contribution in [0.25, 0.3) is 0 Å². The number of carbonyl (C=O) groups is 1. The molecular weight excluding hydrogens is 292 g/mol. The first-order valence-corrected chi connectivity index (χ1v) is 8.10. The van der Waals surface area contributed by atoms with E-state index in [1.54, 1.807) is 4.90 Å². The normalized spacial score (nSPS) is 12.3. The predicted octanol–water partition coefficient (Wildman–Crippen LogP) is 2.85. The lowest BCUT2D eigenvalue weighted by Gasteiger charge is -2.36. The minimum absolute atomic E-state index is 0.274. The Hall–Kier alpha value is -1.56. The van der Waals surface area contributed by atoms with Crippen molar-refractivity contribution in [2.24, 2.45) is 7.05 Å². The van der Waals surface area contributed by atoms with E-state index in [0.717, 1.165) is 12.2 Å². The molecule has 1 rings (SSSR count). The van der Waals surface area contributed by atoms with Gasteiger partial charge in [0.15, 0.2) is 0 Å². The molecule has 1 amide bonds. The predicted molar refractivity (Wildman–Crippen MR) is 92.3 cm³/mol. The van der Waals surface area contributed by atoms with Gasteiger partial charge in [0.2, 0.25) is 0 Å². The summed E-state index contributed by atoms with van der Waals surface area (Å²) in [6.07, 6.45) is 1.74. The van der Waals surface area contributed by atoms with Gasteiger partial charge in [-0.2, -0.15) is 5.10 Å². The zero-order valence-electron chi connectivity index (χ0n) is 15.9. The first-order valence-electron chi connectivity index (χ1n) is 8.10. The van der Waals surface area contributed by atoms with Crippen LogP contribution in [0.3, 0.4) is 0 Å². The topological polar surface area (TPSA) is 59.4 Å². The smallest absolute Gasteiger partial charge is 0.410 e. The Morgan fingerprint density at radius 2 is 1.91 bits per heavy atom. The number of ether oxygens (including phenoxy) is 1. The lowest BCUT2D eigenvalue weighted by Crippen LogP contribution is -2.50. The van der Waals surface area contributed by atoms with Gasteiger partial charge in [0.25, 0.3) is 0 Å². The highest BCUT2D eigenvalue weighted by Gasteiger charge is 2.30. The van der Waals surface area contributed by atoms with Crippen LogP contribution in [0.5, 0.6) is 0 Å². The van der Waals surface area contributed by atoms with Gasteiger partial charge in [-0.05, 0) is 48.5 Å². The van der Waals surface area contributed by atoms with E-state index in [9.17, 15) is 4.79 Å². The molecule has 0 aliphatic rings. The fourth-order valence-corrected chi connectivity index (χ4v) is 2.25. The van der Waals surface area contributed by atoms with Crippen LogP contribution < -0.4 is 5.32 Å². The number of carbonyl (C=O) groups excluding carboxylic acids is 1. The van der Waals surface area contributed by atoms with Crippen molar-refractivity contribution in [3.8, 4) is 0 Å². The number of nitrogens with zero attached hydrogens (tertiary/aromatic N) is 3. The minimum Gasteiger partial charge on any atom is -0.444 e. The molecule has 0 spiro atoms. The molecule has 0 aliphatic carbocycles. The van der Waals surface area contributed by atoms with Gasteiger partial charge in [-0.15, -0.1) is 0 Å². The number of rotatable bonds is 5. The zero-order valence-corrected chi connectivity index (χ0v) is 15.9. The van der Waals surface area contributed by atoms with Gasteiger partial charge in [0.1, 0.15) is 5.60 Å². The molecule has 0 radical (unpaired) electrons. The van der Waals surface area contributed by atoms with E-state index >= 15 is 0 Å². The Balaban J connectivity index is 2.55. The van der Waals surface area contributed by atoms with Crippen molar-refractivity contribution in [3.63, 3.8) is 0 Å². The van der Waals surface area contributed by atoms with E-state index in [2.05, 4.69) is 10.4 Å². The Bertz CT molecular complexity index is 524. The Morgan fingerprint density at radius 1 is 1.30 bits per heavy atom. The number of nitrogens with one attached hydrogen (secondary N) is 1. The zero-order chi connectivity index (χ0) is 17.8. The number of hydrogen-bond donors (Lipinski definition) is 1. The van der Waals surface area contributed by atoms with Crippen molar-refractivity contribution in [1.82, 2.24) is 20.0 Å². The van der Waals surface area contributed by atoms with Crippen molar-refractivity contribution in [2.45, 2.75) is 66.2 Å². The van der Waals surface area contributed by atoms with Gasteiger partial charge in [0.05, 0.1) is 5.69 Å². The Morgan fingerprint density at radius 3 is 2.35 bits per heavy atom. The van der Waals surface area contributed by atoms with Crippen LogP contribution in [0.4, 0.5) is 4.79 Å². The van der Waals surface area contributed by atoms with Crippen molar-refractivity contribution in [1.29, 1.82) is 0 Å². The highest BCUT2D eigenvalue weighted by atomic mass is 16.6. The summed E-state index contributed by atoms with van der Waals surface area (Å²) in [6, 6.07) is 0. The molecule has 0 aliphatic heterocycles. The van der Waals surface area contributed by atoms with E-state index in [1.165, 1.54) is 5.56 Å². The first kappa shape index (κ1) is 19.5. The summed E-state index contributed by atoms with van der Waals surface area (Å²) in [5.41, 5.74) is 1.43. The van der Waals surface area contributed by atoms with Crippen LogP contribution in [-0.2, 0) is 18.3 Å². The lowest BCUT2D eigenvalue weighted by molar-refractivity contribution is 0.00663. The van der Waals surface area contributed by atoms with Gasteiger partial charge in [-0.1, -0.05) is 0 Å². The number of amides is 1. The molecule has 6 nitrogen and oxygen atoms in total. The van der Waals surface area contributed by atoms with Crippen LogP contribution in [0.1, 0.15) is 52.8 Å². The third kappa shape index (κ3) is 6.60. The van der Waals surface area contributed by atoms with Crippen LogP contribution in [0.2, 0.25) is 0 Å². The summed E-state index contributed by atoms with van der Waals surface area (Å²) < 4.78 is 7.32. The fraction of sp³-hybridized carbons (Fsp3) is 0.765. The highest BCUT2D eigenvalue weighted by Crippen LogP contribution is 2.18. The lowest BCUT2D eigenvalue weighted by atomic mass is 10.1. The van der Waals surface area contributed by atoms with Crippen molar-refractivity contribution in [2.75, 3.05) is 13.1 Å². The molecule has 0 saturated carbocycles. The molecule has 23 heavy (non-hydrogen) atoms. The quantitative estimate of drug-likeness (QED) is 0.846. The largest absolute Gasteiger partial charge is 0.444 e. The van der Waals surface area contributed by atoms with E-state index in [4.69, 9.17) is 4.74 Å². The molecule has 0 saturated heterocycles. The van der Waals surface area contributed by atoms with Crippen LogP contribution in [0.15, 0.2) is 6.20 Å². The number of hydrogen-bond acceptors (Lipinski definition) is 4. The number of aromatic nitrogens is 2. The molecule has 0 atom stereocenters. The maximum absolute atomic E-state index is 12.4. The molecule has 6 heteroatoms. The van der Waals surface area contributed by atoms with Crippen molar-refractivity contribution in [3.05, 3.63) is 17.5 Å². The van der Waals surface area contributed by atoms with Gasteiger partial charge in [-0.25, -0.2) is 4.79 Å². The molecule has 1 heterocycles. The average molecular weight is 324 g/mol. The summed E-state index contributed by atoms with van der Waals surface area (Å²) in [7, 11) is 1.92. The molecule has 0 aromatic carbocycles. The average Bonchev–Trinajstić information content (AvgIpc) is 2.63. The Labute approximate surface area is 140 Å². The maximum atomic E-state index is 12.4. The van der Waals surface area contributed by atoms with E-state index < -0.39 is 5.60 Å². The molecular formula is C17H32N4O2. The van der Waals surface area contributed by atoms with Gasteiger partial charge < -0.3 is 15.0 Å². The SMILES string of the molecule is Cc1nn(C)cc1CNCCN(C(=O)OC(C)(C)C)C(C)(C)C. The van der Waals surface area contributed by atoms with Crippen LogP contribution in [-0.4, -0.2) is 45.0 Å². The van der Waals surface area contributed by atoms with Gasteiger partial charge in [0, 0.05) is 44.0 Å². The second kappa shape index (κ2) is 7.34. The first-order chi connectivity index (χ1) is 10.4. The highest BCUT2D eigenvalue weighted by molar-refractivity contribution is 5.69. The fourth-order valence-electron chi connectivity index (χ4n) is 2.25. The molecule has 132 valence electrons. The monoisotopic (exact) mass is 324 g/mol. The number of aryl methyl sites for hydroxylation is 2. The van der Waals surface area contributed by atoms with Crippen LogP contribution >= 0.6 is 0 Å². The van der Waals surface area contributed by atoms with Crippen LogP contribution in [0, 0.1) is 6.92 Å². The standard InChI is InChI=1S/C17H32N4O2/c1-13-14(12-20(8)19-13)11-18-9-10-21(16(2,3)4)15(22)23-17(5,6)7/h12,18H,9-11H2,1-8H3. The minimum atomic E-state index is -0.485. The van der Waals surface area contributed by atoms with E-state index in [0.29, 0.717) is 13.1 Å². The van der Waals surface area contributed by atoms with Crippen molar-refractivity contribution >= 4 is 6.09 Å². The second-order valence-electron chi connectivity index (χ2n) is 7.89. The summed E-state index contributed by atoms with van der Waals surface area (Å²) >= 11 is 0. The molecule has 0 fully saturated rings.